The molecule has 4 aliphatic rings. The Morgan fingerprint density at radius 2 is 1.04 bits per heavy atom. The van der Waals surface area contributed by atoms with Gasteiger partial charge in [0.15, 0.2) is 0 Å². The van der Waals surface area contributed by atoms with Crippen LogP contribution in [0.15, 0.2) is 157 Å². The molecule has 240 valence electrons. The maximum absolute atomic E-state index is 6.69. The molecule has 0 radical (unpaired) electrons. The molecular formula is C50H28O2. The Morgan fingerprint density at radius 3 is 1.77 bits per heavy atom. The van der Waals surface area contributed by atoms with Crippen molar-refractivity contribution in [2.45, 2.75) is 5.92 Å². The van der Waals surface area contributed by atoms with Gasteiger partial charge in [-0.1, -0.05) is 121 Å². The zero-order chi connectivity index (χ0) is 33.7. The van der Waals surface area contributed by atoms with E-state index in [2.05, 4.69) is 158 Å². The smallest absolute Gasteiger partial charge is 0.135 e. The van der Waals surface area contributed by atoms with Crippen LogP contribution >= 0.6 is 0 Å². The Kier molecular flexibility index (Phi) is 4.99. The van der Waals surface area contributed by atoms with Crippen LogP contribution in [0.3, 0.4) is 0 Å². The van der Waals surface area contributed by atoms with Gasteiger partial charge >= 0.3 is 0 Å². The topological polar surface area (TPSA) is 18.5 Å². The summed E-state index contributed by atoms with van der Waals surface area (Å²) in [5, 5.41) is 14.8. The summed E-state index contributed by atoms with van der Waals surface area (Å²) in [6.45, 7) is 0. The van der Waals surface area contributed by atoms with Crippen molar-refractivity contribution in [1.82, 2.24) is 0 Å². The first-order valence-electron chi connectivity index (χ1n) is 18.2. The molecule has 9 aromatic rings. The van der Waals surface area contributed by atoms with E-state index in [1.165, 1.54) is 98.0 Å². The average Bonchev–Trinajstić information content (AvgIpc) is 3.20. The second-order valence-electron chi connectivity index (χ2n) is 14.6. The zero-order valence-electron chi connectivity index (χ0n) is 28.0. The molecule has 9 aromatic carbocycles. The minimum absolute atomic E-state index is 0.212. The van der Waals surface area contributed by atoms with Gasteiger partial charge in [0, 0.05) is 27.5 Å². The molecule has 2 heteroatoms. The van der Waals surface area contributed by atoms with Crippen LogP contribution in [0.5, 0.6) is 17.2 Å². The summed E-state index contributed by atoms with van der Waals surface area (Å²) in [7, 11) is 0. The lowest BCUT2D eigenvalue weighted by Crippen LogP contribution is -2.24. The van der Waals surface area contributed by atoms with Gasteiger partial charge in [0.25, 0.3) is 0 Å². The van der Waals surface area contributed by atoms with Crippen LogP contribution in [0.2, 0.25) is 0 Å². The van der Waals surface area contributed by atoms with E-state index in [0.29, 0.717) is 5.92 Å². The monoisotopic (exact) mass is 660 g/mol. The Balaban J connectivity index is 1.14. The van der Waals surface area contributed by atoms with Gasteiger partial charge < -0.3 is 9.47 Å². The summed E-state index contributed by atoms with van der Waals surface area (Å²) in [4.78, 5) is 0. The minimum Gasteiger partial charge on any atom is -0.460 e. The van der Waals surface area contributed by atoms with Gasteiger partial charge in [0.1, 0.15) is 23.0 Å². The largest absolute Gasteiger partial charge is 0.460 e. The predicted octanol–water partition coefficient (Wildman–Crippen LogP) is 13.6. The molecule has 2 unspecified atom stereocenters. The molecule has 13 rings (SSSR count). The number of hydrogen-bond acceptors (Lipinski definition) is 2. The third-order valence-corrected chi connectivity index (χ3v) is 12.2. The van der Waals surface area contributed by atoms with Crippen molar-refractivity contribution < 1.29 is 9.47 Å². The maximum Gasteiger partial charge on any atom is 0.135 e. The number of ether oxygens (including phenoxy) is 2. The highest BCUT2D eigenvalue weighted by molar-refractivity contribution is 6.30. The molecule has 52 heavy (non-hydrogen) atoms. The summed E-state index contributed by atoms with van der Waals surface area (Å²) < 4.78 is 13.3. The van der Waals surface area contributed by atoms with Gasteiger partial charge in [-0.05, 0) is 113 Å². The highest BCUT2D eigenvalue weighted by atomic mass is 16.5. The van der Waals surface area contributed by atoms with Gasteiger partial charge in [0.05, 0.1) is 5.92 Å². The molecule has 2 aliphatic heterocycles. The van der Waals surface area contributed by atoms with E-state index < -0.39 is 0 Å². The van der Waals surface area contributed by atoms with E-state index in [-0.39, 0.29) is 5.92 Å². The molecule has 0 fully saturated rings. The summed E-state index contributed by atoms with van der Waals surface area (Å²) in [5.41, 5.74) is 7.67. The highest BCUT2D eigenvalue weighted by Crippen LogP contribution is 2.55. The van der Waals surface area contributed by atoms with Crippen LogP contribution in [0, 0.1) is 5.92 Å². The van der Waals surface area contributed by atoms with Crippen molar-refractivity contribution in [3.05, 3.63) is 169 Å². The van der Waals surface area contributed by atoms with Crippen molar-refractivity contribution in [1.29, 1.82) is 0 Å². The molecular weight excluding hydrogens is 633 g/mol. The summed E-state index contributed by atoms with van der Waals surface area (Å²) in [5.74, 6) is 4.37. The van der Waals surface area contributed by atoms with Crippen molar-refractivity contribution >= 4 is 70.7 Å². The van der Waals surface area contributed by atoms with Crippen LogP contribution in [0.1, 0.15) is 17.0 Å². The Bertz CT molecular complexity index is 3190. The van der Waals surface area contributed by atoms with Gasteiger partial charge in [-0.2, -0.15) is 0 Å². The SMILES string of the molecule is C1=CC2C=Cc3ccc4c(-c5c6ccccc6c(-c6ccc7c8c6ccc6ccc9cccc(c9c68)O7)c6ccccc56)ccc5c4c3C2C(=C1)O5. The number of benzene rings is 9. The van der Waals surface area contributed by atoms with Gasteiger partial charge in [-0.25, -0.2) is 0 Å². The lowest BCUT2D eigenvalue weighted by Gasteiger charge is -2.37. The molecule has 2 aliphatic carbocycles. The Morgan fingerprint density at radius 1 is 0.423 bits per heavy atom. The minimum atomic E-state index is 0.212. The molecule has 2 nitrogen and oxygen atoms in total. The van der Waals surface area contributed by atoms with Crippen molar-refractivity contribution in [3.63, 3.8) is 0 Å². The average molecular weight is 661 g/mol. The summed E-state index contributed by atoms with van der Waals surface area (Å²) >= 11 is 0. The van der Waals surface area contributed by atoms with Gasteiger partial charge in [0.2, 0.25) is 0 Å². The molecule has 0 N–H and O–H groups in total. The fraction of sp³-hybridized carbons (Fsp3) is 0.0400. The molecule has 2 heterocycles. The quantitative estimate of drug-likeness (QED) is 0.136. The summed E-state index contributed by atoms with van der Waals surface area (Å²) in [6.07, 6.45) is 11.2. The van der Waals surface area contributed by atoms with Crippen molar-refractivity contribution in [2.75, 3.05) is 0 Å². The van der Waals surface area contributed by atoms with Crippen LogP contribution in [-0.2, 0) is 0 Å². The molecule has 0 aromatic heterocycles. The number of hydrogen-bond donors (Lipinski definition) is 0. The molecule has 0 amide bonds. The van der Waals surface area contributed by atoms with Crippen LogP contribution in [0.25, 0.3) is 93.0 Å². The molecule has 0 saturated heterocycles. The Labute approximate surface area is 299 Å². The normalized spacial score (nSPS) is 17.5. The van der Waals surface area contributed by atoms with Crippen LogP contribution < -0.4 is 9.47 Å². The predicted molar refractivity (Wildman–Crippen MR) is 216 cm³/mol. The molecule has 0 bridgehead atoms. The van der Waals surface area contributed by atoms with E-state index in [1.807, 2.05) is 0 Å². The second kappa shape index (κ2) is 9.57. The number of rotatable bonds is 2. The number of allylic oxidation sites excluding steroid dienone is 5. The van der Waals surface area contributed by atoms with E-state index >= 15 is 0 Å². The molecule has 0 saturated carbocycles. The lowest BCUT2D eigenvalue weighted by molar-refractivity contribution is 0.357. The first-order valence-corrected chi connectivity index (χ1v) is 18.2. The molecule has 0 spiro atoms. The maximum atomic E-state index is 6.69. The highest BCUT2D eigenvalue weighted by Gasteiger charge is 2.37. The first-order chi connectivity index (χ1) is 25.8. The fourth-order valence-corrected chi connectivity index (χ4v) is 10.1. The van der Waals surface area contributed by atoms with E-state index in [1.54, 1.807) is 0 Å². The molecule has 2 atom stereocenters. The third kappa shape index (κ3) is 3.31. The number of fused-ring (bicyclic) bond motifs is 2. The second-order valence-corrected chi connectivity index (χ2v) is 14.6. The van der Waals surface area contributed by atoms with E-state index in [0.717, 1.165) is 23.0 Å². The van der Waals surface area contributed by atoms with E-state index in [4.69, 9.17) is 9.47 Å². The summed E-state index contributed by atoms with van der Waals surface area (Å²) in [6, 6.07) is 47.0. The van der Waals surface area contributed by atoms with Crippen molar-refractivity contribution in [2.24, 2.45) is 5.92 Å². The third-order valence-electron chi connectivity index (χ3n) is 12.2. The van der Waals surface area contributed by atoms with Crippen molar-refractivity contribution in [3.8, 4) is 39.5 Å². The zero-order valence-corrected chi connectivity index (χ0v) is 28.0. The van der Waals surface area contributed by atoms with E-state index in [9.17, 15) is 0 Å². The lowest BCUT2D eigenvalue weighted by atomic mass is 9.72. The van der Waals surface area contributed by atoms with Crippen LogP contribution in [0.4, 0.5) is 0 Å². The Hall–Kier alpha value is -6.64. The standard InChI is InChI=1S/C50H28O2/c1-2-10-32-31(9-1)47(35-23-25-41-49-37(35)21-19-29-17-15-27-7-5-13-39(51-41)43(27)45(29)49)33-11-3-4-12-34(33)48(32)36-24-26-42-50-38(36)22-20-30-18-16-28-8-6-14-40(52-42)44(28)46(30)50/h1-27,43H. The first kappa shape index (κ1) is 27.1. The van der Waals surface area contributed by atoms with Gasteiger partial charge in [-0.15, -0.1) is 0 Å². The van der Waals surface area contributed by atoms with Crippen LogP contribution in [-0.4, -0.2) is 0 Å². The fourth-order valence-electron chi connectivity index (χ4n) is 10.1. The van der Waals surface area contributed by atoms with Gasteiger partial charge in [-0.3, -0.25) is 0 Å².